The second kappa shape index (κ2) is 10.6. The molecule has 0 saturated carbocycles. The van der Waals surface area contributed by atoms with Crippen molar-refractivity contribution in [1.29, 1.82) is 0 Å². The fraction of sp³-hybridized carbons (Fsp3) is 0.364. The highest BCUT2D eigenvalue weighted by molar-refractivity contribution is 7.13. The van der Waals surface area contributed by atoms with Gasteiger partial charge >= 0.3 is 0 Å². The first-order valence-corrected chi connectivity index (χ1v) is 10.9. The van der Waals surface area contributed by atoms with Gasteiger partial charge in [0.25, 0.3) is 5.91 Å². The summed E-state index contributed by atoms with van der Waals surface area (Å²) < 4.78 is 5.92. The third-order valence-corrected chi connectivity index (χ3v) is 6.18. The van der Waals surface area contributed by atoms with Crippen LogP contribution in [0.5, 0.6) is 5.75 Å². The molecule has 1 saturated heterocycles. The lowest BCUT2D eigenvalue weighted by Gasteiger charge is -2.35. The highest BCUT2D eigenvalue weighted by atomic mass is 35.5. The van der Waals surface area contributed by atoms with E-state index < -0.39 is 0 Å². The molecule has 1 amide bonds. The molecule has 4 rings (SSSR count). The van der Waals surface area contributed by atoms with Crippen molar-refractivity contribution in [2.24, 2.45) is 0 Å². The van der Waals surface area contributed by atoms with Crippen molar-refractivity contribution in [1.82, 2.24) is 14.6 Å². The van der Waals surface area contributed by atoms with Crippen LogP contribution in [-0.4, -0.2) is 59.6 Å². The molecule has 2 heterocycles. The quantitative estimate of drug-likeness (QED) is 0.541. The van der Waals surface area contributed by atoms with Gasteiger partial charge in [0, 0.05) is 38.1 Å². The van der Waals surface area contributed by atoms with Gasteiger partial charge in [0.15, 0.2) is 0 Å². The van der Waals surface area contributed by atoms with Gasteiger partial charge < -0.3 is 15.3 Å². The number of anilines is 1. The van der Waals surface area contributed by atoms with E-state index in [-0.39, 0.29) is 24.1 Å². The van der Waals surface area contributed by atoms with Crippen molar-refractivity contribution in [3.8, 4) is 5.75 Å². The van der Waals surface area contributed by atoms with E-state index in [1.165, 1.54) is 16.2 Å². The lowest BCUT2D eigenvalue weighted by molar-refractivity contribution is 0.0950. The molecule has 3 aromatic rings. The highest BCUT2D eigenvalue weighted by Crippen LogP contribution is 2.29. The van der Waals surface area contributed by atoms with Gasteiger partial charge in [-0.15, -0.1) is 12.4 Å². The number of hydrogen-bond acceptors (Lipinski definition) is 6. The molecule has 2 aromatic carbocycles. The summed E-state index contributed by atoms with van der Waals surface area (Å²) in [6.45, 7) is 5.73. The molecule has 1 fully saturated rings. The van der Waals surface area contributed by atoms with Crippen LogP contribution in [0.1, 0.15) is 23.2 Å². The normalized spacial score (nSPS) is 14.5. The van der Waals surface area contributed by atoms with E-state index in [4.69, 9.17) is 0 Å². The molecule has 30 heavy (non-hydrogen) atoms. The maximum atomic E-state index is 12.1. The number of aromatic nitrogens is 1. The summed E-state index contributed by atoms with van der Waals surface area (Å²) in [5.41, 5.74) is 0.332. The minimum Gasteiger partial charge on any atom is -0.507 e. The SMILES string of the molecule is Cl.O=C(NCCCCN1CCN(c2nsc3ccccc23)CC1)c1ccccc1O. The second-order valence-corrected chi connectivity index (χ2v) is 8.12. The molecule has 0 unspecified atom stereocenters. The monoisotopic (exact) mass is 446 g/mol. The van der Waals surface area contributed by atoms with Gasteiger partial charge in [-0.1, -0.05) is 24.3 Å². The van der Waals surface area contributed by atoms with Crippen LogP contribution in [0.4, 0.5) is 5.82 Å². The van der Waals surface area contributed by atoms with E-state index in [1.54, 1.807) is 29.7 Å². The van der Waals surface area contributed by atoms with E-state index in [9.17, 15) is 9.90 Å². The molecule has 1 aromatic heterocycles. The van der Waals surface area contributed by atoms with Gasteiger partial charge in [0.2, 0.25) is 0 Å². The smallest absolute Gasteiger partial charge is 0.255 e. The minimum absolute atomic E-state index is 0. The molecule has 0 radical (unpaired) electrons. The summed E-state index contributed by atoms with van der Waals surface area (Å²) in [5.74, 6) is 0.931. The molecular formula is C22H27ClN4O2S. The molecule has 2 N–H and O–H groups in total. The number of carbonyl (C=O) groups is 1. The Kier molecular flexibility index (Phi) is 7.90. The number of phenolic OH excluding ortho intramolecular Hbond substituents is 1. The number of fused-ring (bicyclic) bond motifs is 1. The number of para-hydroxylation sites is 1. The molecule has 6 nitrogen and oxygen atoms in total. The summed E-state index contributed by atoms with van der Waals surface area (Å²) in [5, 5.41) is 13.9. The number of rotatable bonds is 7. The van der Waals surface area contributed by atoms with Crippen molar-refractivity contribution >= 4 is 45.8 Å². The first-order valence-electron chi connectivity index (χ1n) is 10.1. The largest absolute Gasteiger partial charge is 0.507 e. The summed E-state index contributed by atoms with van der Waals surface area (Å²) >= 11 is 1.57. The van der Waals surface area contributed by atoms with Crippen LogP contribution in [0.25, 0.3) is 10.1 Å². The van der Waals surface area contributed by atoms with Crippen LogP contribution in [-0.2, 0) is 0 Å². The van der Waals surface area contributed by atoms with Gasteiger partial charge in [0.1, 0.15) is 11.6 Å². The Balaban J connectivity index is 0.00000256. The topological polar surface area (TPSA) is 68.7 Å². The highest BCUT2D eigenvalue weighted by Gasteiger charge is 2.20. The van der Waals surface area contributed by atoms with Crippen LogP contribution >= 0.6 is 23.9 Å². The Hall–Kier alpha value is -2.35. The number of hydrogen-bond donors (Lipinski definition) is 2. The molecule has 0 atom stereocenters. The van der Waals surface area contributed by atoms with E-state index >= 15 is 0 Å². The number of aromatic hydroxyl groups is 1. The first kappa shape index (κ1) is 22.3. The van der Waals surface area contributed by atoms with Crippen molar-refractivity contribution in [2.75, 3.05) is 44.2 Å². The number of benzene rings is 2. The van der Waals surface area contributed by atoms with Crippen LogP contribution in [0, 0.1) is 0 Å². The van der Waals surface area contributed by atoms with E-state index in [2.05, 4.69) is 43.8 Å². The van der Waals surface area contributed by atoms with Gasteiger partial charge in [0.05, 0.1) is 10.3 Å². The van der Waals surface area contributed by atoms with Crippen molar-refractivity contribution in [3.05, 3.63) is 54.1 Å². The fourth-order valence-corrected chi connectivity index (χ4v) is 4.50. The zero-order valence-corrected chi connectivity index (χ0v) is 18.4. The van der Waals surface area contributed by atoms with Gasteiger partial charge in [-0.25, -0.2) is 0 Å². The number of nitrogens with zero attached hydrogens (tertiary/aromatic N) is 3. The molecule has 0 spiro atoms. The summed E-state index contributed by atoms with van der Waals surface area (Å²) in [6.07, 6.45) is 1.97. The zero-order chi connectivity index (χ0) is 20.1. The third kappa shape index (κ3) is 5.22. The first-order chi connectivity index (χ1) is 14.2. The minimum atomic E-state index is -0.216. The summed E-state index contributed by atoms with van der Waals surface area (Å²) in [6, 6.07) is 15.1. The van der Waals surface area contributed by atoms with Crippen molar-refractivity contribution in [3.63, 3.8) is 0 Å². The molecular weight excluding hydrogens is 420 g/mol. The number of piperazine rings is 1. The molecule has 1 aliphatic heterocycles. The number of unbranched alkanes of at least 4 members (excludes halogenated alkanes) is 1. The predicted octanol–water partition coefficient (Wildman–Crippen LogP) is 3.76. The average Bonchev–Trinajstić information content (AvgIpc) is 3.18. The third-order valence-electron chi connectivity index (χ3n) is 5.37. The van der Waals surface area contributed by atoms with Gasteiger partial charge in [-0.3, -0.25) is 9.69 Å². The number of amides is 1. The van der Waals surface area contributed by atoms with E-state index in [0.717, 1.165) is 51.4 Å². The Bertz CT molecular complexity index is 972. The van der Waals surface area contributed by atoms with Crippen molar-refractivity contribution in [2.45, 2.75) is 12.8 Å². The lowest BCUT2D eigenvalue weighted by atomic mass is 10.2. The summed E-state index contributed by atoms with van der Waals surface area (Å²) in [7, 11) is 0. The van der Waals surface area contributed by atoms with Crippen LogP contribution in [0.2, 0.25) is 0 Å². The Labute approximate surface area is 187 Å². The van der Waals surface area contributed by atoms with E-state index in [1.807, 2.05) is 0 Å². The molecule has 1 aliphatic rings. The maximum Gasteiger partial charge on any atom is 0.255 e. The van der Waals surface area contributed by atoms with Crippen LogP contribution in [0.3, 0.4) is 0 Å². The number of halogens is 1. The zero-order valence-electron chi connectivity index (χ0n) is 16.8. The molecule has 0 aliphatic carbocycles. The van der Waals surface area contributed by atoms with Gasteiger partial charge in [-0.05, 0) is 55.2 Å². The molecule has 0 bridgehead atoms. The Morgan fingerprint density at radius 3 is 2.57 bits per heavy atom. The lowest BCUT2D eigenvalue weighted by Crippen LogP contribution is -2.46. The Morgan fingerprint density at radius 2 is 1.77 bits per heavy atom. The maximum absolute atomic E-state index is 12.1. The number of carbonyl (C=O) groups excluding carboxylic acids is 1. The average molecular weight is 447 g/mol. The standard InChI is InChI=1S/C22H26N4O2S.ClH/c27-19-9-3-1-7-17(19)22(28)23-11-5-6-12-25-13-15-26(16-14-25)21-18-8-2-4-10-20(18)29-24-21;/h1-4,7-10,27H,5-6,11-16H2,(H,23,28);1H. The van der Waals surface area contributed by atoms with E-state index in [0.29, 0.717) is 12.1 Å². The predicted molar refractivity (Wildman–Crippen MR) is 125 cm³/mol. The van der Waals surface area contributed by atoms with Gasteiger partial charge in [-0.2, -0.15) is 4.37 Å². The second-order valence-electron chi connectivity index (χ2n) is 7.31. The number of nitrogens with one attached hydrogen (secondary N) is 1. The number of phenols is 1. The van der Waals surface area contributed by atoms with Crippen LogP contribution < -0.4 is 10.2 Å². The van der Waals surface area contributed by atoms with Crippen LogP contribution in [0.15, 0.2) is 48.5 Å². The molecule has 160 valence electrons. The molecule has 8 heteroatoms. The fourth-order valence-electron chi connectivity index (χ4n) is 3.71. The Morgan fingerprint density at radius 1 is 1.03 bits per heavy atom. The van der Waals surface area contributed by atoms with Crippen molar-refractivity contribution < 1.29 is 9.90 Å². The summed E-state index contributed by atoms with van der Waals surface area (Å²) in [4.78, 5) is 17.0.